The van der Waals surface area contributed by atoms with Crippen LogP contribution in [0.1, 0.15) is 67.7 Å². The summed E-state index contributed by atoms with van der Waals surface area (Å²) in [6, 6.07) is 3.17. The highest BCUT2D eigenvalue weighted by Gasteiger charge is 2.35. The van der Waals surface area contributed by atoms with Crippen molar-refractivity contribution in [2.75, 3.05) is 6.54 Å². The van der Waals surface area contributed by atoms with Crippen molar-refractivity contribution < 1.29 is 13.6 Å². The molecule has 0 aliphatic carbocycles. The van der Waals surface area contributed by atoms with Gasteiger partial charge >= 0.3 is 0 Å². The molecule has 1 unspecified atom stereocenters. The van der Waals surface area contributed by atoms with Gasteiger partial charge in [-0.05, 0) is 62.7 Å². The molecule has 2 aromatic rings. The van der Waals surface area contributed by atoms with Crippen LogP contribution >= 0.6 is 0 Å². The Labute approximate surface area is 198 Å². The number of rotatable bonds is 7. The van der Waals surface area contributed by atoms with Crippen LogP contribution in [0.4, 0.5) is 8.78 Å². The van der Waals surface area contributed by atoms with Crippen LogP contribution in [-0.2, 0) is 7.05 Å². The van der Waals surface area contributed by atoms with Gasteiger partial charge in [-0.1, -0.05) is 12.5 Å². The van der Waals surface area contributed by atoms with Crippen LogP contribution in [0.5, 0.6) is 0 Å². The summed E-state index contributed by atoms with van der Waals surface area (Å²) < 4.78 is 27.3. The molecule has 3 rings (SSSR count). The van der Waals surface area contributed by atoms with E-state index in [1.165, 1.54) is 12.6 Å². The number of carbonyl (C=O) groups excluding carboxylic acids is 1. The number of aryl methyl sites for hydroxylation is 2. The minimum Gasteiger partial charge on any atom is -0.400 e. The quantitative estimate of drug-likeness (QED) is 0.636. The van der Waals surface area contributed by atoms with Crippen molar-refractivity contribution in [2.24, 2.45) is 12.8 Å². The van der Waals surface area contributed by atoms with Crippen molar-refractivity contribution in [3.63, 3.8) is 0 Å². The summed E-state index contributed by atoms with van der Waals surface area (Å²) in [7, 11) is 1.43. The number of hydrogen-bond donors (Lipinski definition) is 2. The molecule has 0 saturated heterocycles. The number of pyridine rings is 1. The molecule has 10 heteroatoms. The molecule has 0 bridgehead atoms. The molecular weight excluding hydrogens is 440 g/mol. The Balaban J connectivity index is 2.04. The summed E-state index contributed by atoms with van der Waals surface area (Å²) in [5.74, 6) is -1.35. The molecule has 0 fully saturated rings. The van der Waals surface area contributed by atoms with Crippen molar-refractivity contribution in [3.05, 3.63) is 70.0 Å². The maximum Gasteiger partial charge on any atom is 0.299 e. The maximum atomic E-state index is 13.4. The molecule has 0 aromatic carbocycles. The summed E-state index contributed by atoms with van der Waals surface area (Å²) >= 11 is 0. The zero-order chi connectivity index (χ0) is 25.0. The summed E-state index contributed by atoms with van der Waals surface area (Å²) in [5.41, 5.74) is 11.7. The Morgan fingerprint density at radius 2 is 2.12 bits per heavy atom. The van der Waals surface area contributed by atoms with Gasteiger partial charge in [-0.2, -0.15) is 0 Å². The zero-order valence-corrected chi connectivity index (χ0v) is 20.1. The predicted octanol–water partition coefficient (Wildman–Crippen LogP) is 3.85. The van der Waals surface area contributed by atoms with E-state index in [1.54, 1.807) is 17.2 Å². The highest BCUT2D eigenvalue weighted by Crippen LogP contribution is 2.28. The molecule has 3 heterocycles. The number of nitrogens with one attached hydrogen (secondary N) is 1. The number of aromatic nitrogens is 4. The van der Waals surface area contributed by atoms with E-state index >= 15 is 0 Å². The Bertz CT molecular complexity index is 1150. The first-order valence-electron chi connectivity index (χ1n) is 11.1. The Kier molecular flexibility index (Phi) is 7.80. The second kappa shape index (κ2) is 10.6. The van der Waals surface area contributed by atoms with Crippen molar-refractivity contribution in [2.45, 2.75) is 53.0 Å². The molecule has 1 aliphatic rings. The molecule has 3 N–H and O–H groups in total. The molecule has 1 amide bonds. The van der Waals surface area contributed by atoms with E-state index in [0.29, 0.717) is 24.4 Å². The minimum absolute atomic E-state index is 0.160. The molecule has 0 spiro atoms. The highest BCUT2D eigenvalue weighted by molar-refractivity contribution is 5.92. The maximum absolute atomic E-state index is 13.4. The Morgan fingerprint density at radius 1 is 1.38 bits per heavy atom. The summed E-state index contributed by atoms with van der Waals surface area (Å²) in [6.45, 7) is 8.30. The van der Waals surface area contributed by atoms with Gasteiger partial charge in [-0.25, -0.2) is 18.4 Å². The van der Waals surface area contributed by atoms with E-state index < -0.39 is 24.2 Å². The van der Waals surface area contributed by atoms with Gasteiger partial charge in [0.15, 0.2) is 0 Å². The van der Waals surface area contributed by atoms with Crippen LogP contribution in [-0.4, -0.2) is 43.1 Å². The molecule has 2 aromatic heterocycles. The lowest BCUT2D eigenvalue weighted by Crippen LogP contribution is -2.49. The number of nitrogens with zero attached hydrogens (tertiary/aromatic N) is 5. The topological polar surface area (TPSA) is 102 Å². The predicted molar refractivity (Wildman–Crippen MR) is 126 cm³/mol. The third-order valence-electron chi connectivity index (χ3n) is 5.84. The number of allylic oxidation sites excluding steroid dienone is 1. The molecule has 182 valence electrons. The van der Waals surface area contributed by atoms with E-state index in [1.807, 2.05) is 39.1 Å². The van der Waals surface area contributed by atoms with Crippen LogP contribution < -0.4 is 11.1 Å². The first-order chi connectivity index (χ1) is 16.1. The van der Waals surface area contributed by atoms with Gasteiger partial charge in [-0.15, -0.1) is 5.10 Å². The van der Waals surface area contributed by atoms with Gasteiger partial charge in [0.1, 0.15) is 0 Å². The summed E-state index contributed by atoms with van der Waals surface area (Å²) in [5, 5.41) is 7.04. The fourth-order valence-corrected chi connectivity index (χ4v) is 3.80. The fourth-order valence-electron chi connectivity index (χ4n) is 3.80. The van der Waals surface area contributed by atoms with Crippen LogP contribution in [0, 0.1) is 6.92 Å². The first kappa shape index (κ1) is 25.1. The van der Waals surface area contributed by atoms with Gasteiger partial charge in [0.25, 0.3) is 12.3 Å². The van der Waals surface area contributed by atoms with Gasteiger partial charge < -0.3 is 16.0 Å². The molecule has 1 atom stereocenters. The van der Waals surface area contributed by atoms with Crippen LogP contribution in [0.15, 0.2) is 47.1 Å². The third-order valence-corrected chi connectivity index (χ3v) is 5.84. The lowest BCUT2D eigenvalue weighted by Gasteiger charge is -2.38. The largest absolute Gasteiger partial charge is 0.400 e. The first-order valence-corrected chi connectivity index (χ1v) is 11.1. The number of nitrogens with two attached hydrogens (primary N) is 1. The fraction of sp³-hybridized carbons (Fsp3) is 0.417. The molecule has 0 radical (unpaired) electrons. The lowest BCUT2D eigenvalue weighted by atomic mass is 9.94. The minimum atomic E-state index is -2.87. The van der Waals surface area contributed by atoms with Gasteiger partial charge in [0.05, 0.1) is 11.7 Å². The monoisotopic (exact) mass is 471 g/mol. The molecule has 8 nitrogen and oxygen atoms in total. The smallest absolute Gasteiger partial charge is 0.299 e. The van der Waals surface area contributed by atoms with E-state index in [2.05, 4.69) is 27.3 Å². The van der Waals surface area contributed by atoms with Crippen molar-refractivity contribution in [1.82, 2.24) is 30.0 Å². The van der Waals surface area contributed by atoms with E-state index in [0.717, 1.165) is 27.9 Å². The van der Waals surface area contributed by atoms with Crippen LogP contribution in [0.2, 0.25) is 0 Å². The third kappa shape index (κ3) is 5.49. The number of carbonyl (C=O) groups is 1. The number of hydrogen-bond acceptors (Lipinski definition) is 6. The van der Waals surface area contributed by atoms with Crippen molar-refractivity contribution >= 4 is 12.0 Å². The summed E-state index contributed by atoms with van der Waals surface area (Å²) in [4.78, 5) is 23.1. The van der Waals surface area contributed by atoms with E-state index in [-0.39, 0.29) is 5.82 Å². The molecule has 0 saturated carbocycles. The average Bonchev–Trinajstić information content (AvgIpc) is 3.19. The van der Waals surface area contributed by atoms with Crippen molar-refractivity contribution in [1.29, 1.82) is 0 Å². The number of amides is 1. The van der Waals surface area contributed by atoms with Gasteiger partial charge in [0, 0.05) is 37.6 Å². The average molecular weight is 472 g/mol. The highest BCUT2D eigenvalue weighted by atomic mass is 19.3. The second-order valence-electron chi connectivity index (χ2n) is 8.42. The number of alkyl halides is 2. The molecular formula is C24H31F2N7O. The normalized spacial score (nSPS) is 17.5. The standard InChI is InChI=1S/C24H31F2N7O/c1-6-14(2)13-29-19-8-10-33(24(34)23-30-22(21(25)26)31-32(23)5)20(16(19)4)18(27)12-17-11-15(3)7-9-28-17/h7,9,11-13,20-21,29H,6,8,10,27H2,1-5H3/b14-13?,18-12-. The zero-order valence-electron chi connectivity index (χ0n) is 20.1. The molecule has 1 aliphatic heterocycles. The summed E-state index contributed by atoms with van der Waals surface area (Å²) in [6.07, 6.45) is 3.97. The van der Waals surface area contributed by atoms with E-state index in [4.69, 9.17) is 5.73 Å². The Hall–Kier alpha value is -3.56. The Morgan fingerprint density at radius 3 is 2.74 bits per heavy atom. The van der Waals surface area contributed by atoms with E-state index in [9.17, 15) is 13.6 Å². The van der Waals surface area contributed by atoms with Crippen molar-refractivity contribution in [3.8, 4) is 0 Å². The lowest BCUT2D eigenvalue weighted by molar-refractivity contribution is 0.0697. The van der Waals surface area contributed by atoms with Gasteiger partial charge in [-0.3, -0.25) is 9.78 Å². The molecule has 34 heavy (non-hydrogen) atoms. The van der Waals surface area contributed by atoms with Crippen LogP contribution in [0.25, 0.3) is 6.08 Å². The second-order valence-corrected chi connectivity index (χ2v) is 8.42. The number of halogens is 2. The van der Waals surface area contributed by atoms with Gasteiger partial charge in [0.2, 0.25) is 11.6 Å². The SMILES string of the molecule is CCC(C)=CNC1=C(C)C(/C(N)=C/c2cc(C)ccn2)N(C(=O)c2nc(C(F)F)nn2C)CC1. The van der Waals surface area contributed by atoms with Crippen LogP contribution in [0.3, 0.4) is 0 Å².